The van der Waals surface area contributed by atoms with Gasteiger partial charge in [-0.25, -0.2) is 4.98 Å². The summed E-state index contributed by atoms with van der Waals surface area (Å²) in [7, 11) is 0. The number of carbonyl (C=O) groups excluding carboxylic acids is 2. The zero-order valence-electron chi connectivity index (χ0n) is 15.2. The maximum absolute atomic E-state index is 14.2. The number of hydrogen-bond donors (Lipinski definition) is 2. The summed E-state index contributed by atoms with van der Waals surface area (Å²) in [5.74, 6) is -2.01. The molecule has 150 valence electrons. The summed E-state index contributed by atoms with van der Waals surface area (Å²) in [6, 6.07) is 6.21. The van der Waals surface area contributed by atoms with Crippen LogP contribution in [0.2, 0.25) is 0 Å². The Morgan fingerprint density at radius 1 is 1.25 bits per heavy atom. The molecular weight excluding hydrogens is 373 g/mol. The van der Waals surface area contributed by atoms with Crippen molar-refractivity contribution < 1.29 is 22.8 Å². The van der Waals surface area contributed by atoms with Crippen molar-refractivity contribution in [3.63, 3.8) is 0 Å². The van der Waals surface area contributed by atoms with Gasteiger partial charge in [0, 0.05) is 6.42 Å². The molecule has 6 nitrogen and oxygen atoms in total. The second-order valence-corrected chi connectivity index (χ2v) is 7.51. The predicted molar refractivity (Wildman–Crippen MR) is 96.3 cm³/mol. The molecule has 1 unspecified atom stereocenters. The summed E-state index contributed by atoms with van der Waals surface area (Å²) in [4.78, 5) is 29.0. The maximum Gasteiger partial charge on any atom is 0.440 e. The minimum absolute atomic E-state index is 0.0439. The molecule has 28 heavy (non-hydrogen) atoms. The SMILES string of the molecule is O=C(CCC1CCCCC1)NC1(C(F)(F)F)C(=O)Nc2nc3ccccc3n21. The van der Waals surface area contributed by atoms with Crippen molar-refractivity contribution in [2.45, 2.75) is 56.8 Å². The van der Waals surface area contributed by atoms with Gasteiger partial charge in [0.25, 0.3) is 11.6 Å². The fourth-order valence-electron chi connectivity index (χ4n) is 4.26. The molecule has 2 amide bonds. The normalized spacial score (nSPS) is 22.9. The number of alkyl halides is 3. The lowest BCUT2D eigenvalue weighted by Crippen LogP contribution is -2.63. The van der Waals surface area contributed by atoms with E-state index in [0.717, 1.165) is 36.7 Å². The quantitative estimate of drug-likeness (QED) is 0.831. The number of imidazole rings is 1. The van der Waals surface area contributed by atoms with Crippen molar-refractivity contribution in [2.24, 2.45) is 5.92 Å². The highest BCUT2D eigenvalue weighted by molar-refractivity contribution is 6.05. The van der Waals surface area contributed by atoms with Crippen molar-refractivity contribution >= 4 is 28.8 Å². The van der Waals surface area contributed by atoms with Crippen LogP contribution < -0.4 is 10.6 Å². The first-order valence-corrected chi connectivity index (χ1v) is 9.50. The van der Waals surface area contributed by atoms with E-state index in [4.69, 9.17) is 0 Å². The number of fused-ring (bicyclic) bond motifs is 3. The minimum atomic E-state index is -5.04. The van der Waals surface area contributed by atoms with Crippen LogP contribution >= 0.6 is 0 Å². The van der Waals surface area contributed by atoms with E-state index in [1.54, 1.807) is 18.2 Å². The van der Waals surface area contributed by atoms with E-state index < -0.39 is 23.7 Å². The van der Waals surface area contributed by atoms with E-state index in [1.807, 2.05) is 5.32 Å². The minimum Gasteiger partial charge on any atom is -0.317 e. The Morgan fingerprint density at radius 3 is 2.68 bits per heavy atom. The third-order valence-corrected chi connectivity index (χ3v) is 5.69. The van der Waals surface area contributed by atoms with Gasteiger partial charge in [-0.15, -0.1) is 0 Å². The van der Waals surface area contributed by atoms with Crippen molar-refractivity contribution in [3.8, 4) is 0 Å². The summed E-state index contributed by atoms with van der Waals surface area (Å²) in [5, 5.41) is 4.18. The van der Waals surface area contributed by atoms with Crippen LogP contribution in [0.4, 0.5) is 19.1 Å². The zero-order chi connectivity index (χ0) is 19.9. The molecule has 2 aliphatic rings. The molecule has 1 atom stereocenters. The average molecular weight is 394 g/mol. The number of anilines is 1. The third-order valence-electron chi connectivity index (χ3n) is 5.69. The summed E-state index contributed by atoms with van der Waals surface area (Å²) in [6.07, 6.45) is 0.777. The van der Waals surface area contributed by atoms with Gasteiger partial charge in [-0.2, -0.15) is 13.2 Å². The van der Waals surface area contributed by atoms with Gasteiger partial charge in [0.1, 0.15) is 0 Å². The Labute approximate surface area is 159 Å². The van der Waals surface area contributed by atoms with Crippen molar-refractivity contribution in [1.29, 1.82) is 0 Å². The molecule has 0 radical (unpaired) electrons. The van der Waals surface area contributed by atoms with Crippen LogP contribution in [-0.4, -0.2) is 27.5 Å². The fourth-order valence-corrected chi connectivity index (χ4v) is 4.26. The number of aromatic nitrogens is 2. The number of carbonyl (C=O) groups is 2. The third kappa shape index (κ3) is 2.93. The molecule has 2 N–H and O–H groups in total. The lowest BCUT2D eigenvalue weighted by atomic mass is 9.86. The Kier molecular flexibility index (Phi) is 4.55. The highest BCUT2D eigenvalue weighted by atomic mass is 19.4. The molecule has 1 aromatic carbocycles. The fraction of sp³-hybridized carbons (Fsp3) is 0.526. The Balaban J connectivity index is 1.65. The lowest BCUT2D eigenvalue weighted by Gasteiger charge is -2.32. The van der Waals surface area contributed by atoms with Crippen LogP contribution in [0.5, 0.6) is 0 Å². The summed E-state index contributed by atoms with van der Waals surface area (Å²) < 4.78 is 43.3. The van der Waals surface area contributed by atoms with E-state index >= 15 is 0 Å². The number of para-hydroxylation sites is 2. The first-order chi connectivity index (χ1) is 13.3. The van der Waals surface area contributed by atoms with Gasteiger partial charge in [-0.3, -0.25) is 19.5 Å². The van der Waals surface area contributed by atoms with E-state index in [-0.39, 0.29) is 17.9 Å². The number of nitrogens with zero attached hydrogens (tertiary/aromatic N) is 2. The number of benzene rings is 1. The largest absolute Gasteiger partial charge is 0.440 e. The van der Waals surface area contributed by atoms with E-state index in [1.165, 1.54) is 6.07 Å². The second-order valence-electron chi connectivity index (χ2n) is 7.51. The number of hydrogen-bond acceptors (Lipinski definition) is 3. The van der Waals surface area contributed by atoms with Crippen molar-refractivity contribution in [1.82, 2.24) is 14.9 Å². The predicted octanol–water partition coefficient (Wildman–Crippen LogP) is 3.68. The molecule has 0 bridgehead atoms. The topological polar surface area (TPSA) is 76.0 Å². The van der Waals surface area contributed by atoms with Crippen LogP contribution in [0.25, 0.3) is 11.0 Å². The van der Waals surface area contributed by atoms with E-state index in [9.17, 15) is 22.8 Å². The number of nitrogens with one attached hydrogen (secondary N) is 2. The zero-order valence-corrected chi connectivity index (χ0v) is 15.2. The average Bonchev–Trinajstić information content (AvgIpc) is 3.15. The van der Waals surface area contributed by atoms with Crippen LogP contribution in [0.3, 0.4) is 0 Å². The molecule has 0 spiro atoms. The van der Waals surface area contributed by atoms with Crippen LogP contribution in [0.15, 0.2) is 24.3 Å². The summed E-state index contributed by atoms with van der Waals surface area (Å²) in [6.45, 7) is 0. The van der Waals surface area contributed by atoms with Gasteiger partial charge in [-0.1, -0.05) is 44.2 Å². The number of rotatable bonds is 4. The monoisotopic (exact) mass is 394 g/mol. The molecule has 1 fully saturated rings. The van der Waals surface area contributed by atoms with E-state index in [2.05, 4.69) is 10.3 Å². The van der Waals surface area contributed by atoms with Gasteiger partial charge >= 0.3 is 6.18 Å². The first kappa shape index (κ1) is 18.8. The molecule has 4 rings (SSSR count). The van der Waals surface area contributed by atoms with Crippen LogP contribution in [0, 0.1) is 5.92 Å². The highest BCUT2D eigenvalue weighted by Gasteiger charge is 2.67. The Morgan fingerprint density at radius 2 is 1.96 bits per heavy atom. The number of halogens is 3. The Hall–Kier alpha value is -2.58. The maximum atomic E-state index is 14.2. The molecular formula is C19H21F3N4O2. The molecule has 1 saturated carbocycles. The smallest absolute Gasteiger partial charge is 0.317 e. The van der Waals surface area contributed by atoms with Gasteiger partial charge < -0.3 is 5.32 Å². The number of amides is 2. The molecule has 9 heteroatoms. The van der Waals surface area contributed by atoms with Crippen molar-refractivity contribution in [2.75, 3.05) is 5.32 Å². The summed E-state index contributed by atoms with van der Waals surface area (Å²) >= 11 is 0. The molecule has 1 aliphatic heterocycles. The molecule has 2 heterocycles. The van der Waals surface area contributed by atoms with Crippen molar-refractivity contribution in [3.05, 3.63) is 24.3 Å². The second kappa shape index (κ2) is 6.79. The van der Waals surface area contributed by atoms with Gasteiger partial charge in [0.05, 0.1) is 11.0 Å². The molecule has 0 saturated heterocycles. The standard InChI is InChI=1S/C19H21F3N4O2/c20-19(21,22)18(25-15(27)11-10-12-6-2-1-3-7-12)16(28)24-17-23-13-8-4-5-9-14(13)26(17)18/h4-5,8-9,12H,1-3,6-7,10-11H2,(H,25,27)(H,23,24,28). The van der Waals surface area contributed by atoms with Crippen LogP contribution in [0.1, 0.15) is 44.9 Å². The van der Waals surface area contributed by atoms with Gasteiger partial charge in [0.15, 0.2) is 0 Å². The lowest BCUT2D eigenvalue weighted by molar-refractivity contribution is -0.217. The highest BCUT2D eigenvalue weighted by Crippen LogP contribution is 2.44. The van der Waals surface area contributed by atoms with Gasteiger partial charge in [0.2, 0.25) is 11.9 Å². The van der Waals surface area contributed by atoms with E-state index in [0.29, 0.717) is 17.9 Å². The molecule has 2 aromatic rings. The molecule has 1 aliphatic carbocycles. The Bertz CT molecular complexity index is 918. The van der Waals surface area contributed by atoms with Crippen LogP contribution in [-0.2, 0) is 15.3 Å². The first-order valence-electron chi connectivity index (χ1n) is 9.50. The molecule has 1 aromatic heterocycles. The van der Waals surface area contributed by atoms with Gasteiger partial charge in [-0.05, 0) is 24.5 Å². The summed E-state index contributed by atoms with van der Waals surface area (Å²) in [5.41, 5.74) is -2.76.